The lowest BCUT2D eigenvalue weighted by Gasteiger charge is -2.10. The molecule has 1 atom stereocenters. The first-order valence-corrected chi connectivity index (χ1v) is 9.01. The van der Waals surface area contributed by atoms with E-state index in [-0.39, 0.29) is 11.5 Å². The fraction of sp³-hybridized carbons (Fsp3) is 0.357. The molecular weight excluding hydrogens is 294 g/mol. The molecule has 0 radical (unpaired) electrons. The van der Waals surface area contributed by atoms with Gasteiger partial charge in [0.25, 0.3) is 0 Å². The van der Waals surface area contributed by atoms with Gasteiger partial charge in [0.05, 0.1) is 22.6 Å². The number of sulfone groups is 1. The summed E-state index contributed by atoms with van der Waals surface area (Å²) in [5, 5.41) is 10.9. The topological polar surface area (TPSA) is 67.3 Å². The van der Waals surface area contributed by atoms with Crippen LogP contribution in [0.25, 0.3) is 0 Å². The van der Waals surface area contributed by atoms with Crippen molar-refractivity contribution in [3.8, 4) is 0 Å². The minimum atomic E-state index is -3.36. The maximum absolute atomic E-state index is 12.1. The van der Waals surface area contributed by atoms with E-state index >= 15 is 0 Å². The average Bonchev–Trinajstić information content (AvgIpc) is 2.86. The maximum Gasteiger partial charge on any atom is 0.158 e. The number of hydrogen-bond donors (Lipinski definition) is 1. The van der Waals surface area contributed by atoms with Gasteiger partial charge in [-0.1, -0.05) is 37.3 Å². The van der Waals surface area contributed by atoms with Crippen LogP contribution in [-0.4, -0.2) is 24.3 Å². The van der Waals surface area contributed by atoms with Crippen molar-refractivity contribution in [2.75, 3.05) is 5.75 Å². The van der Waals surface area contributed by atoms with E-state index in [1.165, 1.54) is 11.3 Å². The summed E-state index contributed by atoms with van der Waals surface area (Å²) in [4.78, 5) is 4.87. The molecule has 1 unspecified atom stereocenters. The first-order valence-electron chi connectivity index (χ1n) is 6.37. The molecule has 6 heteroatoms. The molecule has 2 aromatic rings. The molecule has 0 aliphatic carbocycles. The van der Waals surface area contributed by atoms with Crippen molar-refractivity contribution >= 4 is 21.2 Å². The average molecular weight is 311 g/mol. The summed E-state index contributed by atoms with van der Waals surface area (Å²) < 4.78 is 24.2. The Hall–Kier alpha value is -1.24. The lowest BCUT2D eigenvalue weighted by Crippen LogP contribution is -2.15. The van der Waals surface area contributed by atoms with Crippen molar-refractivity contribution in [3.63, 3.8) is 0 Å². The second-order valence-electron chi connectivity index (χ2n) is 4.55. The molecule has 0 fully saturated rings. The molecular formula is C14H17NO3S2. The van der Waals surface area contributed by atoms with Gasteiger partial charge in [0, 0.05) is 11.1 Å². The van der Waals surface area contributed by atoms with Crippen LogP contribution >= 0.6 is 11.3 Å². The quantitative estimate of drug-likeness (QED) is 0.889. The highest BCUT2D eigenvalue weighted by Crippen LogP contribution is 2.20. The third-order valence-electron chi connectivity index (χ3n) is 2.86. The molecule has 1 heterocycles. The van der Waals surface area contributed by atoms with Gasteiger partial charge in [-0.3, -0.25) is 0 Å². The molecule has 0 saturated heterocycles. The SMILES string of the molecule is CCc1ncc(CS(=O)(=O)CC(O)c2ccccc2)s1. The lowest BCUT2D eigenvalue weighted by atomic mass is 10.1. The van der Waals surface area contributed by atoms with E-state index in [1.807, 2.05) is 13.0 Å². The van der Waals surface area contributed by atoms with E-state index in [4.69, 9.17) is 0 Å². The Morgan fingerprint density at radius 1 is 1.30 bits per heavy atom. The summed E-state index contributed by atoms with van der Waals surface area (Å²) in [6.45, 7) is 1.98. The van der Waals surface area contributed by atoms with Crippen LogP contribution < -0.4 is 0 Å². The second-order valence-corrected chi connectivity index (χ2v) is 7.86. The highest BCUT2D eigenvalue weighted by Gasteiger charge is 2.20. The van der Waals surface area contributed by atoms with Crippen LogP contribution in [-0.2, 0) is 22.0 Å². The van der Waals surface area contributed by atoms with Crippen LogP contribution in [0.5, 0.6) is 0 Å². The second kappa shape index (κ2) is 6.47. The molecule has 1 N–H and O–H groups in total. The summed E-state index contributed by atoms with van der Waals surface area (Å²) in [6.07, 6.45) is 1.42. The van der Waals surface area contributed by atoms with E-state index in [1.54, 1.807) is 30.5 Å². The zero-order valence-corrected chi connectivity index (χ0v) is 12.8. The Morgan fingerprint density at radius 3 is 2.60 bits per heavy atom. The fourth-order valence-corrected chi connectivity index (χ4v) is 4.60. The van der Waals surface area contributed by atoms with Crippen LogP contribution in [0.15, 0.2) is 36.5 Å². The molecule has 1 aromatic heterocycles. The number of nitrogens with zero attached hydrogens (tertiary/aromatic N) is 1. The zero-order valence-electron chi connectivity index (χ0n) is 11.2. The summed E-state index contributed by atoms with van der Waals surface area (Å²) in [5.74, 6) is -0.328. The van der Waals surface area contributed by atoms with Crippen LogP contribution in [0.3, 0.4) is 0 Å². The molecule has 4 nitrogen and oxygen atoms in total. The normalized spacial score (nSPS) is 13.3. The molecule has 2 rings (SSSR count). The van der Waals surface area contributed by atoms with Crippen molar-refractivity contribution < 1.29 is 13.5 Å². The Morgan fingerprint density at radius 2 is 2.00 bits per heavy atom. The number of aliphatic hydroxyl groups excluding tert-OH is 1. The van der Waals surface area contributed by atoms with Gasteiger partial charge < -0.3 is 5.11 Å². The molecule has 0 aliphatic rings. The summed E-state index contributed by atoms with van der Waals surface area (Å²) >= 11 is 1.41. The van der Waals surface area contributed by atoms with E-state index in [2.05, 4.69) is 4.98 Å². The predicted octanol–water partition coefficient (Wildman–Crippen LogP) is 2.35. The van der Waals surface area contributed by atoms with Crippen molar-refractivity contribution in [1.82, 2.24) is 4.98 Å². The maximum atomic E-state index is 12.1. The highest BCUT2D eigenvalue weighted by molar-refractivity contribution is 7.90. The molecule has 0 bridgehead atoms. The molecule has 20 heavy (non-hydrogen) atoms. The van der Waals surface area contributed by atoms with Crippen molar-refractivity contribution in [2.24, 2.45) is 0 Å². The van der Waals surface area contributed by atoms with Crippen LogP contribution in [0.1, 0.15) is 28.5 Å². The monoisotopic (exact) mass is 311 g/mol. The molecule has 0 saturated carbocycles. The van der Waals surface area contributed by atoms with Crippen LogP contribution in [0, 0.1) is 0 Å². The van der Waals surface area contributed by atoms with Crippen LogP contribution in [0.2, 0.25) is 0 Å². The van der Waals surface area contributed by atoms with E-state index in [9.17, 15) is 13.5 Å². The predicted molar refractivity (Wildman–Crippen MR) is 80.4 cm³/mol. The van der Waals surface area contributed by atoms with E-state index in [0.717, 1.165) is 16.3 Å². The third kappa shape index (κ3) is 4.13. The van der Waals surface area contributed by atoms with Crippen LogP contribution in [0.4, 0.5) is 0 Å². The summed E-state index contributed by atoms with van der Waals surface area (Å²) in [6, 6.07) is 8.84. The first kappa shape index (κ1) is 15.2. The third-order valence-corrected chi connectivity index (χ3v) is 5.76. The lowest BCUT2D eigenvalue weighted by molar-refractivity contribution is 0.201. The van der Waals surface area contributed by atoms with Crippen molar-refractivity contribution in [2.45, 2.75) is 25.2 Å². The molecule has 0 amide bonds. The Bertz CT molecular complexity index is 650. The minimum Gasteiger partial charge on any atom is -0.387 e. The smallest absolute Gasteiger partial charge is 0.158 e. The number of benzene rings is 1. The van der Waals surface area contributed by atoms with Crippen molar-refractivity contribution in [1.29, 1.82) is 0 Å². The van der Waals surface area contributed by atoms with Crippen molar-refractivity contribution in [3.05, 3.63) is 52.0 Å². The molecule has 0 spiro atoms. The van der Waals surface area contributed by atoms with Gasteiger partial charge >= 0.3 is 0 Å². The Balaban J connectivity index is 2.04. The van der Waals surface area contributed by atoms with E-state index in [0.29, 0.717) is 5.56 Å². The van der Waals surface area contributed by atoms with E-state index < -0.39 is 15.9 Å². The van der Waals surface area contributed by atoms with Gasteiger partial charge in [0.15, 0.2) is 9.84 Å². The van der Waals surface area contributed by atoms with Gasteiger partial charge in [-0.05, 0) is 12.0 Å². The number of thiazole rings is 1. The summed E-state index contributed by atoms with van der Waals surface area (Å²) in [5.41, 5.74) is 0.620. The standard InChI is InChI=1S/C14H17NO3S2/c1-2-14-15-8-12(19-14)9-20(17,18)10-13(16)11-6-4-3-5-7-11/h3-8,13,16H,2,9-10H2,1H3. The fourth-order valence-electron chi connectivity index (χ4n) is 1.87. The zero-order chi connectivity index (χ0) is 14.6. The molecule has 0 aliphatic heterocycles. The number of aryl methyl sites for hydroxylation is 1. The van der Waals surface area contributed by atoms with Gasteiger partial charge in [0.2, 0.25) is 0 Å². The number of aromatic nitrogens is 1. The first-order chi connectivity index (χ1) is 9.50. The molecule has 108 valence electrons. The Kier molecular flexibility index (Phi) is 4.91. The van der Waals surface area contributed by atoms with Gasteiger partial charge in [-0.2, -0.15) is 0 Å². The summed E-state index contributed by atoms with van der Waals surface area (Å²) in [7, 11) is -3.36. The Labute approximate surface area is 123 Å². The van der Waals surface area contributed by atoms with Gasteiger partial charge in [-0.15, -0.1) is 11.3 Å². The number of rotatable bonds is 6. The minimum absolute atomic E-state index is 0.0610. The molecule has 1 aromatic carbocycles. The highest BCUT2D eigenvalue weighted by atomic mass is 32.2. The number of aliphatic hydroxyl groups is 1. The largest absolute Gasteiger partial charge is 0.387 e. The van der Waals surface area contributed by atoms with Gasteiger partial charge in [-0.25, -0.2) is 13.4 Å². The number of hydrogen-bond acceptors (Lipinski definition) is 5. The van der Waals surface area contributed by atoms with Gasteiger partial charge in [0.1, 0.15) is 0 Å².